The Balaban J connectivity index is 1.88. The third-order valence-electron chi connectivity index (χ3n) is 4.65. The lowest BCUT2D eigenvalue weighted by Crippen LogP contribution is -2.23. The Bertz CT molecular complexity index is 1390. The molecule has 0 bridgehead atoms. The predicted octanol–water partition coefficient (Wildman–Crippen LogP) is 2.18. The Labute approximate surface area is 187 Å². The number of aromatic nitrogens is 1. The molecule has 0 radical (unpaired) electrons. The van der Waals surface area contributed by atoms with E-state index in [4.69, 9.17) is 14.2 Å². The molecule has 0 aliphatic carbocycles. The first-order valence-electron chi connectivity index (χ1n) is 9.74. The van der Waals surface area contributed by atoms with Crippen molar-refractivity contribution in [3.63, 3.8) is 0 Å². The second-order valence-electron chi connectivity index (χ2n) is 6.92. The number of esters is 1. The number of thiazole rings is 1. The summed E-state index contributed by atoms with van der Waals surface area (Å²) in [6.07, 6.45) is 1.03. The molecule has 1 amide bonds. The van der Waals surface area contributed by atoms with E-state index in [0.29, 0.717) is 30.2 Å². The second kappa shape index (κ2) is 8.75. The normalized spacial score (nSPS) is 13.9. The molecule has 4 rings (SSSR count). The van der Waals surface area contributed by atoms with Crippen LogP contribution in [0, 0.1) is 0 Å². The largest absolute Gasteiger partial charge is 0.486 e. The van der Waals surface area contributed by atoms with Crippen molar-refractivity contribution in [1.29, 1.82) is 0 Å². The van der Waals surface area contributed by atoms with Gasteiger partial charge in [0.25, 0.3) is 5.91 Å². The zero-order chi connectivity index (χ0) is 22.9. The molecule has 1 aliphatic rings. The summed E-state index contributed by atoms with van der Waals surface area (Å²) in [6, 6.07) is 9.37. The van der Waals surface area contributed by atoms with Gasteiger partial charge < -0.3 is 18.8 Å². The first-order valence-corrected chi connectivity index (χ1v) is 12.5. The third kappa shape index (κ3) is 4.39. The van der Waals surface area contributed by atoms with Crippen LogP contribution in [0.5, 0.6) is 11.5 Å². The first-order chi connectivity index (χ1) is 15.3. The smallest absolute Gasteiger partial charge is 0.326 e. The molecule has 2 heterocycles. The van der Waals surface area contributed by atoms with E-state index in [1.54, 1.807) is 29.7 Å². The Kier molecular flexibility index (Phi) is 6.02. The fourth-order valence-corrected chi connectivity index (χ4v) is 5.21. The highest BCUT2D eigenvalue weighted by Gasteiger charge is 2.21. The summed E-state index contributed by atoms with van der Waals surface area (Å²) < 4.78 is 42.8. The van der Waals surface area contributed by atoms with E-state index in [1.165, 1.54) is 29.5 Å². The summed E-state index contributed by atoms with van der Waals surface area (Å²) in [5.41, 5.74) is 0.580. The summed E-state index contributed by atoms with van der Waals surface area (Å²) in [7, 11) is -3.63. The van der Waals surface area contributed by atoms with Crippen LogP contribution in [0.15, 0.2) is 46.3 Å². The third-order valence-corrected chi connectivity index (χ3v) is 6.85. The number of rotatable bonds is 5. The van der Waals surface area contributed by atoms with Crippen LogP contribution in [0.4, 0.5) is 0 Å². The van der Waals surface area contributed by atoms with E-state index in [1.807, 2.05) is 0 Å². The van der Waals surface area contributed by atoms with E-state index < -0.39 is 21.7 Å². The molecule has 0 saturated heterocycles. The molecule has 168 valence electrons. The lowest BCUT2D eigenvalue weighted by molar-refractivity contribution is -0.143. The molecule has 3 aromatic rings. The number of ether oxygens (including phenoxy) is 3. The van der Waals surface area contributed by atoms with Gasteiger partial charge in [0.1, 0.15) is 19.8 Å². The minimum Gasteiger partial charge on any atom is -0.486 e. The molecule has 2 aromatic carbocycles. The average molecular weight is 477 g/mol. The summed E-state index contributed by atoms with van der Waals surface area (Å²) in [5.74, 6) is -0.131. The first kappa shape index (κ1) is 22.0. The maximum absolute atomic E-state index is 13.0. The highest BCUT2D eigenvalue weighted by molar-refractivity contribution is 7.90. The number of fused-ring (bicyclic) bond motifs is 2. The lowest BCUT2D eigenvalue weighted by atomic mass is 10.2. The van der Waals surface area contributed by atoms with E-state index in [0.717, 1.165) is 11.0 Å². The molecular weight excluding hydrogens is 456 g/mol. The predicted molar refractivity (Wildman–Crippen MR) is 117 cm³/mol. The number of carbonyl (C=O) groups excluding carboxylic acids is 2. The van der Waals surface area contributed by atoms with Gasteiger partial charge in [-0.3, -0.25) is 9.59 Å². The van der Waals surface area contributed by atoms with E-state index in [9.17, 15) is 18.0 Å². The van der Waals surface area contributed by atoms with Crippen LogP contribution in [-0.4, -0.2) is 50.9 Å². The van der Waals surface area contributed by atoms with Gasteiger partial charge in [0.15, 0.2) is 26.1 Å². The zero-order valence-electron chi connectivity index (χ0n) is 17.4. The van der Waals surface area contributed by atoms with Crippen LogP contribution in [0.3, 0.4) is 0 Å². The number of carbonyl (C=O) groups is 2. The van der Waals surface area contributed by atoms with Gasteiger partial charge in [-0.1, -0.05) is 23.5 Å². The molecule has 0 unspecified atom stereocenters. The van der Waals surface area contributed by atoms with Gasteiger partial charge in [0, 0.05) is 18.4 Å². The molecule has 0 spiro atoms. The molecule has 0 atom stereocenters. The molecule has 1 aliphatic heterocycles. The highest BCUT2D eigenvalue weighted by Crippen LogP contribution is 2.35. The number of nitrogens with zero attached hydrogens (tertiary/aromatic N) is 2. The standard InChI is InChI=1S/C21H20N2O7S2/c1-3-28-19(24)12-23-14-10-15-16(30-9-8-29-15)11-17(14)31-21(23)22-20(25)13-6-4-5-7-18(13)32(2,26)27/h4-7,10-11H,3,8-9,12H2,1-2H3. The van der Waals surface area contributed by atoms with Crippen molar-refractivity contribution in [2.45, 2.75) is 18.4 Å². The molecule has 0 N–H and O–H groups in total. The Morgan fingerprint density at radius 3 is 2.53 bits per heavy atom. The van der Waals surface area contributed by atoms with Crippen molar-refractivity contribution in [2.75, 3.05) is 26.1 Å². The molecule has 0 fully saturated rings. The number of benzene rings is 2. The number of sulfone groups is 1. The van der Waals surface area contributed by atoms with Crippen LogP contribution >= 0.6 is 11.3 Å². The van der Waals surface area contributed by atoms with Gasteiger partial charge in [-0.15, -0.1) is 0 Å². The van der Waals surface area contributed by atoms with E-state index >= 15 is 0 Å². The van der Waals surface area contributed by atoms with Crippen molar-refractivity contribution in [3.05, 3.63) is 46.8 Å². The van der Waals surface area contributed by atoms with Crippen molar-refractivity contribution in [2.24, 2.45) is 4.99 Å². The fraction of sp³-hybridized carbons (Fsp3) is 0.286. The van der Waals surface area contributed by atoms with Crippen LogP contribution in [0.1, 0.15) is 17.3 Å². The monoisotopic (exact) mass is 476 g/mol. The maximum Gasteiger partial charge on any atom is 0.326 e. The van der Waals surface area contributed by atoms with Crippen molar-refractivity contribution in [1.82, 2.24) is 4.57 Å². The number of hydrogen-bond donors (Lipinski definition) is 0. The summed E-state index contributed by atoms with van der Waals surface area (Å²) in [5, 5.41) is 0. The van der Waals surface area contributed by atoms with Crippen LogP contribution in [0.2, 0.25) is 0 Å². The van der Waals surface area contributed by atoms with Crippen molar-refractivity contribution < 1.29 is 32.2 Å². The molecule has 11 heteroatoms. The van der Waals surface area contributed by atoms with Crippen molar-refractivity contribution in [3.8, 4) is 11.5 Å². The maximum atomic E-state index is 13.0. The quantitative estimate of drug-likeness (QED) is 0.519. The van der Waals surface area contributed by atoms with Gasteiger partial charge in [0.05, 0.1) is 27.3 Å². The SMILES string of the molecule is CCOC(=O)Cn1c(=NC(=O)c2ccccc2S(C)(=O)=O)sc2cc3c(cc21)OCCO3. The van der Waals surface area contributed by atoms with Crippen LogP contribution in [-0.2, 0) is 25.9 Å². The van der Waals surface area contributed by atoms with Gasteiger partial charge in [-0.05, 0) is 19.1 Å². The molecule has 0 saturated carbocycles. The van der Waals surface area contributed by atoms with E-state index in [-0.39, 0.29) is 28.4 Å². The average Bonchev–Trinajstić information content (AvgIpc) is 3.07. The van der Waals surface area contributed by atoms with E-state index in [2.05, 4.69) is 4.99 Å². The van der Waals surface area contributed by atoms with Gasteiger partial charge >= 0.3 is 5.97 Å². The van der Waals surface area contributed by atoms with Crippen LogP contribution < -0.4 is 14.3 Å². The van der Waals surface area contributed by atoms with Gasteiger partial charge in [-0.2, -0.15) is 4.99 Å². The topological polar surface area (TPSA) is 113 Å². The number of amides is 1. The van der Waals surface area contributed by atoms with Gasteiger partial charge in [-0.25, -0.2) is 8.42 Å². The summed E-state index contributed by atoms with van der Waals surface area (Å²) in [6.45, 7) is 2.56. The second-order valence-corrected chi connectivity index (χ2v) is 9.92. The molecule has 9 nitrogen and oxygen atoms in total. The summed E-state index contributed by atoms with van der Waals surface area (Å²) >= 11 is 1.18. The Hall–Kier alpha value is -3.18. The highest BCUT2D eigenvalue weighted by atomic mass is 32.2. The molecule has 1 aromatic heterocycles. The number of hydrogen-bond acceptors (Lipinski definition) is 8. The molecule has 32 heavy (non-hydrogen) atoms. The lowest BCUT2D eigenvalue weighted by Gasteiger charge is -2.18. The Morgan fingerprint density at radius 2 is 1.84 bits per heavy atom. The van der Waals surface area contributed by atoms with Gasteiger partial charge in [0.2, 0.25) is 0 Å². The van der Waals surface area contributed by atoms with Crippen LogP contribution in [0.25, 0.3) is 10.2 Å². The minimum absolute atomic E-state index is 0.0406. The Morgan fingerprint density at radius 1 is 1.16 bits per heavy atom. The zero-order valence-corrected chi connectivity index (χ0v) is 19.0. The molecular formula is C21H20N2O7S2. The minimum atomic E-state index is -3.63. The van der Waals surface area contributed by atoms with Crippen molar-refractivity contribution >= 4 is 43.3 Å². The fourth-order valence-electron chi connectivity index (χ4n) is 3.29. The summed E-state index contributed by atoms with van der Waals surface area (Å²) in [4.78, 5) is 29.5.